The number of ether oxygens (including phenoxy) is 6. The van der Waals surface area contributed by atoms with Gasteiger partial charge >= 0.3 is 35.9 Å². The maximum atomic E-state index is 13.9. The maximum absolute atomic E-state index is 13.9. The molecule has 0 saturated carbocycles. The number of likely N-dealkylation sites (tertiary alicyclic amines) is 1. The molecule has 0 aromatic rings. The summed E-state index contributed by atoms with van der Waals surface area (Å²) >= 11 is 0. The number of esters is 5. The fourth-order valence-electron chi connectivity index (χ4n) is 9.45. The van der Waals surface area contributed by atoms with Crippen molar-refractivity contribution in [3.05, 3.63) is 0 Å². The molecular weight excluding hydrogens is 973 g/mol. The quantitative estimate of drug-likeness (QED) is 0.0342. The highest BCUT2D eigenvalue weighted by molar-refractivity contribution is 5.79. The minimum absolute atomic E-state index is 0.00739. The van der Waals surface area contributed by atoms with Crippen LogP contribution in [0.3, 0.4) is 0 Å². The molecule has 16 nitrogen and oxygen atoms in total. The standard InChI is InChI=1S/C60H108N2O14/c1-6-10-14-18-22-26-32-55(65)72-45-51(46-73-56(66)33-27-23-19-15-11-7-2)42-54(64)41-50-40-53(62(44-50)60(70)71-39-31-37-61(5)36-30-38-63)49-76-59(69)43-52(47-74-57(67)34-28-24-20-16-12-8-3)48-75-58(68)35-29-25-21-17-13-9-4/h50-53,63H,6-49H2,1-5H3/t50-,53-/m1/s1. The smallest absolute Gasteiger partial charge is 0.410 e. The van der Waals surface area contributed by atoms with Gasteiger partial charge in [0.1, 0.15) is 12.4 Å². The third-order valence-electron chi connectivity index (χ3n) is 14.1. The molecular formula is C60H108N2O14. The van der Waals surface area contributed by atoms with Crippen molar-refractivity contribution in [2.45, 2.75) is 252 Å². The molecule has 1 aliphatic heterocycles. The predicted molar refractivity (Wildman–Crippen MR) is 296 cm³/mol. The Balaban J connectivity index is 3.09. The van der Waals surface area contributed by atoms with Gasteiger partial charge in [-0.1, -0.05) is 156 Å². The van der Waals surface area contributed by atoms with Crippen LogP contribution in [0.4, 0.5) is 4.79 Å². The Bertz CT molecular complexity index is 1470. The van der Waals surface area contributed by atoms with E-state index in [0.29, 0.717) is 45.2 Å². The van der Waals surface area contributed by atoms with Crippen molar-refractivity contribution in [3.8, 4) is 0 Å². The van der Waals surface area contributed by atoms with Crippen molar-refractivity contribution in [1.82, 2.24) is 9.80 Å². The van der Waals surface area contributed by atoms with Gasteiger partial charge in [0.25, 0.3) is 0 Å². The zero-order valence-electron chi connectivity index (χ0n) is 48.6. The van der Waals surface area contributed by atoms with Crippen LogP contribution < -0.4 is 0 Å². The Kier molecular flexibility index (Phi) is 44.7. The van der Waals surface area contributed by atoms with Crippen LogP contribution in [0.5, 0.6) is 0 Å². The van der Waals surface area contributed by atoms with Crippen LogP contribution in [-0.2, 0) is 57.2 Å². The highest BCUT2D eigenvalue weighted by Gasteiger charge is 2.38. The van der Waals surface area contributed by atoms with Gasteiger partial charge < -0.3 is 43.3 Å². The van der Waals surface area contributed by atoms with E-state index < -0.39 is 29.9 Å². The fraction of sp³-hybridized carbons (Fsp3) is 0.883. The molecule has 1 N–H and O–H groups in total. The molecule has 1 fully saturated rings. The van der Waals surface area contributed by atoms with Crippen molar-refractivity contribution in [2.24, 2.45) is 17.8 Å². The van der Waals surface area contributed by atoms with Gasteiger partial charge in [-0.05, 0) is 57.9 Å². The second-order valence-electron chi connectivity index (χ2n) is 21.6. The Morgan fingerprint density at radius 2 is 0.855 bits per heavy atom. The number of nitrogens with zero attached hydrogens (tertiary/aromatic N) is 2. The summed E-state index contributed by atoms with van der Waals surface area (Å²) in [5, 5.41) is 9.20. The predicted octanol–water partition coefficient (Wildman–Crippen LogP) is 12.2. The van der Waals surface area contributed by atoms with Gasteiger partial charge in [0.05, 0.1) is 45.5 Å². The lowest BCUT2D eigenvalue weighted by atomic mass is 9.94. The van der Waals surface area contributed by atoms with E-state index >= 15 is 0 Å². The highest BCUT2D eigenvalue weighted by atomic mass is 16.6. The Morgan fingerprint density at radius 1 is 0.474 bits per heavy atom. The Hall–Kier alpha value is -3.79. The third-order valence-corrected chi connectivity index (χ3v) is 14.1. The monoisotopic (exact) mass is 1080 g/mol. The lowest BCUT2D eigenvalue weighted by Gasteiger charge is -2.24. The molecule has 0 spiro atoms. The van der Waals surface area contributed by atoms with Gasteiger partial charge in [0.15, 0.2) is 0 Å². The van der Waals surface area contributed by atoms with Crippen LogP contribution in [0.1, 0.15) is 246 Å². The average molecular weight is 1080 g/mol. The second kappa shape index (κ2) is 48.3. The van der Waals surface area contributed by atoms with Crippen LogP contribution >= 0.6 is 0 Å². The minimum Gasteiger partial charge on any atom is -0.465 e. The zero-order valence-corrected chi connectivity index (χ0v) is 48.6. The van der Waals surface area contributed by atoms with E-state index in [1.54, 1.807) is 0 Å². The molecule has 1 heterocycles. The van der Waals surface area contributed by atoms with Crippen LogP contribution in [-0.4, -0.2) is 136 Å². The van der Waals surface area contributed by atoms with E-state index in [1.807, 2.05) is 11.9 Å². The SMILES string of the molecule is CCCCCCCCC(=O)OCC(COC(=O)CCCCCCCC)CC(=O)C[C@H]1C[C@H](COC(=O)CC(COC(=O)CCCCCCCC)COC(=O)CCCCCCCC)N(C(=O)OCCCN(C)CCCO)C1. The molecule has 1 rings (SSSR count). The number of aliphatic hydroxyl groups is 1. The van der Waals surface area contributed by atoms with Gasteiger partial charge in [-0.2, -0.15) is 0 Å². The molecule has 1 amide bonds. The van der Waals surface area contributed by atoms with Gasteiger partial charge in [-0.3, -0.25) is 28.8 Å². The molecule has 76 heavy (non-hydrogen) atoms. The molecule has 1 saturated heterocycles. The molecule has 0 radical (unpaired) electrons. The first kappa shape index (κ1) is 70.2. The topological polar surface area (TPSA) is 202 Å². The van der Waals surface area contributed by atoms with E-state index in [0.717, 1.165) is 128 Å². The summed E-state index contributed by atoms with van der Waals surface area (Å²) in [5.41, 5.74) is 0. The van der Waals surface area contributed by atoms with Crippen molar-refractivity contribution in [2.75, 3.05) is 72.9 Å². The van der Waals surface area contributed by atoms with Crippen molar-refractivity contribution in [1.29, 1.82) is 0 Å². The van der Waals surface area contributed by atoms with E-state index in [2.05, 4.69) is 27.7 Å². The summed E-state index contributed by atoms with van der Waals surface area (Å²) in [6, 6.07) is -0.605. The largest absolute Gasteiger partial charge is 0.465 e. The normalized spacial score (nSPS) is 14.4. The number of hydrogen-bond donors (Lipinski definition) is 1. The number of rotatable bonds is 51. The van der Waals surface area contributed by atoms with Crippen LogP contribution in [0.25, 0.3) is 0 Å². The Morgan fingerprint density at radius 3 is 1.26 bits per heavy atom. The van der Waals surface area contributed by atoms with Gasteiger partial charge in [0.2, 0.25) is 0 Å². The second-order valence-corrected chi connectivity index (χ2v) is 21.6. The van der Waals surface area contributed by atoms with Crippen molar-refractivity contribution < 1.29 is 67.1 Å². The lowest BCUT2D eigenvalue weighted by Crippen LogP contribution is -2.39. The summed E-state index contributed by atoms with van der Waals surface area (Å²) in [6.07, 6.45) is 26.5. The van der Waals surface area contributed by atoms with Crippen LogP contribution in [0.15, 0.2) is 0 Å². The number of carbonyl (C=O) groups is 7. The number of Topliss-reactive ketones (excluding diaryl/α,β-unsaturated/α-hetero) is 1. The van der Waals surface area contributed by atoms with Crippen LogP contribution in [0.2, 0.25) is 0 Å². The molecule has 0 aromatic heterocycles. The first-order valence-electron chi connectivity index (χ1n) is 30.4. The summed E-state index contributed by atoms with van der Waals surface area (Å²) in [5.74, 6) is -3.65. The average Bonchev–Trinajstić information content (AvgIpc) is 3.81. The van der Waals surface area contributed by atoms with Gasteiger partial charge in [-0.15, -0.1) is 0 Å². The molecule has 16 heteroatoms. The van der Waals surface area contributed by atoms with Gasteiger partial charge in [-0.25, -0.2) is 4.79 Å². The summed E-state index contributed by atoms with van der Waals surface area (Å²) in [4.78, 5) is 95.7. The number of unbranched alkanes of at least 4 members (excludes halogenated alkanes) is 20. The molecule has 0 unspecified atom stereocenters. The third kappa shape index (κ3) is 39.6. The summed E-state index contributed by atoms with van der Waals surface area (Å²) in [7, 11) is 1.93. The maximum Gasteiger partial charge on any atom is 0.410 e. The van der Waals surface area contributed by atoms with E-state index in [1.165, 1.54) is 17.7 Å². The molecule has 0 aromatic carbocycles. The summed E-state index contributed by atoms with van der Waals surface area (Å²) < 4.78 is 34.0. The first-order chi connectivity index (χ1) is 36.8. The van der Waals surface area contributed by atoms with E-state index in [9.17, 15) is 38.7 Å². The number of aliphatic hydroxyl groups excluding tert-OH is 1. The molecule has 2 atom stereocenters. The van der Waals surface area contributed by atoms with E-state index in [-0.39, 0.29) is 133 Å². The summed E-state index contributed by atoms with van der Waals surface area (Å²) in [6.45, 7) is 9.87. The number of amides is 1. The fourth-order valence-corrected chi connectivity index (χ4v) is 9.45. The highest BCUT2D eigenvalue weighted by Crippen LogP contribution is 2.29. The van der Waals surface area contributed by atoms with Crippen LogP contribution in [0, 0.1) is 17.8 Å². The first-order valence-corrected chi connectivity index (χ1v) is 30.4. The van der Waals surface area contributed by atoms with Crippen molar-refractivity contribution in [3.63, 3.8) is 0 Å². The minimum atomic E-state index is -0.641. The van der Waals surface area contributed by atoms with Gasteiger partial charge in [0, 0.05) is 76.6 Å². The zero-order chi connectivity index (χ0) is 55.9. The van der Waals surface area contributed by atoms with E-state index in [4.69, 9.17) is 28.4 Å². The molecule has 1 aliphatic rings. The number of hydrogen-bond acceptors (Lipinski definition) is 15. The molecule has 442 valence electrons. The molecule has 0 aliphatic carbocycles. The lowest BCUT2D eigenvalue weighted by molar-refractivity contribution is -0.155. The number of carbonyl (C=O) groups excluding carboxylic acids is 7. The molecule has 0 bridgehead atoms. The van der Waals surface area contributed by atoms with Crippen molar-refractivity contribution >= 4 is 41.7 Å². The Labute approximate surface area is 459 Å². The number of ketones is 1.